The molecule has 7 nitrogen and oxygen atoms in total. The summed E-state index contributed by atoms with van der Waals surface area (Å²) in [5.74, 6) is 0.482. The number of aliphatic hydroxyl groups excluding tert-OH is 1. The molecule has 0 aliphatic heterocycles. The first-order chi connectivity index (χ1) is 16.0. The quantitative estimate of drug-likeness (QED) is 0.309. The molecule has 0 bridgehead atoms. The second-order valence-electron chi connectivity index (χ2n) is 8.03. The third-order valence-corrected chi connectivity index (χ3v) is 6.50. The molecule has 0 radical (unpaired) electrons. The first kappa shape index (κ1) is 21.9. The zero-order valence-corrected chi connectivity index (χ0v) is 19.0. The molecular weight excluding hydrogens is 466 g/mol. The Morgan fingerprint density at radius 2 is 1.76 bits per heavy atom. The molecule has 3 N–H and O–H groups in total. The number of rotatable bonds is 5. The lowest BCUT2D eigenvalue weighted by Gasteiger charge is -2.28. The molecule has 170 valence electrons. The standard InChI is InChI=1S/C23H21Cl2FN6O/c24-16-10-5-13(11-17(16)25)28-22-27-12-20-21(31-22)32(14-6-8-15(33)9-7-14)23(30-20)29-19-4-2-1-3-18(19)26/h1-5,10-12,14-15,33H,6-9H2,(H,29,30)(H,27,28,31)/t14-,15-. The van der Waals surface area contributed by atoms with Crippen molar-refractivity contribution >= 4 is 57.6 Å². The number of hydrogen-bond acceptors (Lipinski definition) is 6. The number of anilines is 4. The van der Waals surface area contributed by atoms with Gasteiger partial charge in [-0.1, -0.05) is 35.3 Å². The third kappa shape index (κ3) is 4.59. The van der Waals surface area contributed by atoms with Crippen LogP contribution in [0.5, 0.6) is 0 Å². The van der Waals surface area contributed by atoms with Crippen molar-refractivity contribution in [1.82, 2.24) is 19.5 Å². The van der Waals surface area contributed by atoms with Crippen LogP contribution >= 0.6 is 23.2 Å². The number of aromatic nitrogens is 4. The van der Waals surface area contributed by atoms with Crippen LogP contribution in [-0.2, 0) is 0 Å². The van der Waals surface area contributed by atoms with Crippen molar-refractivity contribution < 1.29 is 9.50 Å². The molecule has 0 saturated heterocycles. The Labute approximate surface area is 199 Å². The van der Waals surface area contributed by atoms with Gasteiger partial charge in [-0.3, -0.25) is 4.57 Å². The second-order valence-corrected chi connectivity index (χ2v) is 8.84. The summed E-state index contributed by atoms with van der Waals surface area (Å²) in [6, 6.07) is 11.7. The van der Waals surface area contributed by atoms with E-state index in [0.717, 1.165) is 12.8 Å². The highest BCUT2D eigenvalue weighted by Gasteiger charge is 2.26. The van der Waals surface area contributed by atoms with Crippen molar-refractivity contribution in [3.8, 4) is 0 Å². The van der Waals surface area contributed by atoms with Crippen LogP contribution in [-0.4, -0.2) is 30.7 Å². The van der Waals surface area contributed by atoms with E-state index in [2.05, 4.69) is 20.6 Å². The Morgan fingerprint density at radius 1 is 0.970 bits per heavy atom. The number of nitrogens with one attached hydrogen (secondary N) is 2. The summed E-state index contributed by atoms with van der Waals surface area (Å²) in [6.07, 6.45) is 4.21. The molecule has 0 spiro atoms. The Balaban J connectivity index is 1.55. The topological polar surface area (TPSA) is 87.9 Å². The smallest absolute Gasteiger partial charge is 0.229 e. The summed E-state index contributed by atoms with van der Waals surface area (Å²) in [7, 11) is 0. The van der Waals surface area contributed by atoms with Crippen molar-refractivity contribution in [1.29, 1.82) is 0 Å². The van der Waals surface area contributed by atoms with Gasteiger partial charge in [0.15, 0.2) is 5.65 Å². The van der Waals surface area contributed by atoms with Crippen LogP contribution in [0.2, 0.25) is 10.0 Å². The van der Waals surface area contributed by atoms with Crippen LogP contribution in [0.15, 0.2) is 48.7 Å². The van der Waals surface area contributed by atoms with Crippen molar-refractivity contribution in [2.75, 3.05) is 10.6 Å². The molecule has 10 heteroatoms. The molecule has 2 heterocycles. The molecule has 0 unspecified atom stereocenters. The average molecular weight is 487 g/mol. The molecule has 2 aromatic heterocycles. The number of aliphatic hydroxyl groups is 1. The largest absolute Gasteiger partial charge is 0.393 e. The number of halogens is 3. The minimum Gasteiger partial charge on any atom is -0.393 e. The lowest BCUT2D eigenvalue weighted by Crippen LogP contribution is -2.22. The lowest BCUT2D eigenvalue weighted by molar-refractivity contribution is 0.112. The van der Waals surface area contributed by atoms with Gasteiger partial charge in [0.2, 0.25) is 11.9 Å². The highest BCUT2D eigenvalue weighted by Crippen LogP contribution is 2.35. The first-order valence-electron chi connectivity index (χ1n) is 10.6. The van der Waals surface area contributed by atoms with E-state index in [9.17, 15) is 9.50 Å². The van der Waals surface area contributed by atoms with Crippen LogP contribution < -0.4 is 10.6 Å². The normalized spacial score (nSPS) is 18.4. The first-order valence-corrected chi connectivity index (χ1v) is 11.4. The van der Waals surface area contributed by atoms with E-state index < -0.39 is 0 Å². The average Bonchev–Trinajstić information content (AvgIpc) is 3.16. The summed E-state index contributed by atoms with van der Waals surface area (Å²) >= 11 is 12.1. The molecule has 1 aliphatic rings. The van der Waals surface area contributed by atoms with Gasteiger partial charge in [-0.05, 0) is 56.0 Å². The number of imidazole rings is 1. The maximum Gasteiger partial charge on any atom is 0.229 e. The van der Waals surface area contributed by atoms with E-state index in [-0.39, 0.29) is 18.0 Å². The van der Waals surface area contributed by atoms with Crippen LogP contribution in [0, 0.1) is 5.82 Å². The number of nitrogens with zero attached hydrogens (tertiary/aromatic N) is 4. The maximum atomic E-state index is 14.3. The summed E-state index contributed by atoms with van der Waals surface area (Å²) in [4.78, 5) is 13.7. The SMILES string of the molecule is O[C@H]1CC[C@H](n2c(Nc3ccccc3F)nc3cnc(Nc4ccc(Cl)c(Cl)c4)nc32)CC1. The van der Waals surface area contributed by atoms with Gasteiger partial charge in [0.1, 0.15) is 11.3 Å². The molecule has 1 saturated carbocycles. The minimum atomic E-state index is -0.372. The highest BCUT2D eigenvalue weighted by atomic mass is 35.5. The van der Waals surface area contributed by atoms with Crippen molar-refractivity contribution in [3.05, 3.63) is 64.5 Å². The summed E-state index contributed by atoms with van der Waals surface area (Å²) in [5, 5.41) is 17.1. The fraction of sp³-hybridized carbons (Fsp3) is 0.261. The molecule has 4 aromatic rings. The summed E-state index contributed by atoms with van der Waals surface area (Å²) in [6.45, 7) is 0. The third-order valence-electron chi connectivity index (χ3n) is 5.76. The zero-order chi connectivity index (χ0) is 22.9. The molecule has 0 amide bonds. The van der Waals surface area contributed by atoms with Gasteiger partial charge in [0.05, 0.1) is 28.0 Å². The van der Waals surface area contributed by atoms with E-state index >= 15 is 0 Å². The zero-order valence-electron chi connectivity index (χ0n) is 17.5. The predicted octanol–water partition coefficient (Wildman–Crippen LogP) is 6.24. The van der Waals surface area contributed by atoms with Crippen LogP contribution in [0.1, 0.15) is 31.7 Å². The van der Waals surface area contributed by atoms with Gasteiger partial charge >= 0.3 is 0 Å². The van der Waals surface area contributed by atoms with Gasteiger partial charge in [0.25, 0.3) is 0 Å². The number of benzene rings is 2. The molecule has 2 aromatic carbocycles. The maximum absolute atomic E-state index is 14.3. The van der Waals surface area contributed by atoms with E-state index in [4.69, 9.17) is 28.2 Å². The van der Waals surface area contributed by atoms with Crippen LogP contribution in [0.25, 0.3) is 11.2 Å². The lowest BCUT2D eigenvalue weighted by atomic mass is 9.93. The molecule has 33 heavy (non-hydrogen) atoms. The van der Waals surface area contributed by atoms with Crippen molar-refractivity contribution in [2.45, 2.75) is 37.8 Å². The van der Waals surface area contributed by atoms with Gasteiger partial charge in [0, 0.05) is 11.7 Å². The Bertz CT molecular complexity index is 1310. The summed E-state index contributed by atoms with van der Waals surface area (Å²) < 4.78 is 16.3. The monoisotopic (exact) mass is 486 g/mol. The molecular formula is C23H21Cl2FN6O. The second kappa shape index (κ2) is 9.13. The van der Waals surface area contributed by atoms with Crippen molar-refractivity contribution in [3.63, 3.8) is 0 Å². The van der Waals surface area contributed by atoms with E-state index in [1.165, 1.54) is 6.07 Å². The van der Waals surface area contributed by atoms with Gasteiger partial charge in [-0.2, -0.15) is 4.98 Å². The fourth-order valence-electron chi connectivity index (χ4n) is 4.09. The minimum absolute atomic E-state index is 0.0559. The van der Waals surface area contributed by atoms with Crippen molar-refractivity contribution in [2.24, 2.45) is 0 Å². The van der Waals surface area contributed by atoms with E-state index in [1.807, 2.05) is 4.57 Å². The fourth-order valence-corrected chi connectivity index (χ4v) is 4.39. The number of para-hydroxylation sites is 1. The summed E-state index contributed by atoms with van der Waals surface area (Å²) in [5.41, 5.74) is 2.22. The molecule has 0 atom stereocenters. The van der Waals surface area contributed by atoms with Gasteiger partial charge < -0.3 is 15.7 Å². The predicted molar refractivity (Wildman–Crippen MR) is 128 cm³/mol. The van der Waals surface area contributed by atoms with Gasteiger partial charge in [-0.15, -0.1) is 0 Å². The van der Waals surface area contributed by atoms with E-state index in [1.54, 1.807) is 42.6 Å². The molecule has 1 aliphatic carbocycles. The van der Waals surface area contributed by atoms with Gasteiger partial charge in [-0.25, -0.2) is 14.4 Å². The van der Waals surface area contributed by atoms with E-state index in [0.29, 0.717) is 57.3 Å². The number of fused-ring (bicyclic) bond motifs is 1. The molecule has 1 fully saturated rings. The number of hydrogen-bond donors (Lipinski definition) is 3. The molecule has 5 rings (SSSR count). The van der Waals surface area contributed by atoms with Crippen LogP contribution in [0.4, 0.5) is 27.7 Å². The Hall–Kier alpha value is -2.94. The van der Waals surface area contributed by atoms with Crippen LogP contribution in [0.3, 0.4) is 0 Å². The Morgan fingerprint density at radius 3 is 2.52 bits per heavy atom. The Kier molecular flexibility index (Phi) is 6.05. The highest BCUT2D eigenvalue weighted by molar-refractivity contribution is 6.42.